The second-order valence-electron chi connectivity index (χ2n) is 12.3. The van der Waals surface area contributed by atoms with E-state index in [1.807, 2.05) is 0 Å². The van der Waals surface area contributed by atoms with E-state index < -0.39 is 0 Å². The molecule has 8 aromatic carbocycles. The average molecular weight is 597 g/mol. The fourth-order valence-corrected chi connectivity index (χ4v) is 7.68. The first-order chi connectivity index (χ1) is 23.3. The SMILES string of the molecule is c1ccc(-c2ccc(-c3c4ccccc4c(-c4ccc5c(c4)c4ccccc4c4nc6ccccc6n54)c4ccccc34)cc2)cc1. The lowest BCUT2D eigenvalue weighted by atomic mass is 9.85. The van der Waals surface area contributed by atoms with Crippen molar-refractivity contribution in [3.63, 3.8) is 0 Å². The van der Waals surface area contributed by atoms with Crippen molar-refractivity contribution in [2.24, 2.45) is 0 Å². The number of pyridine rings is 1. The predicted octanol–water partition coefficient (Wildman–Crippen LogP) is 12.1. The van der Waals surface area contributed by atoms with E-state index in [-0.39, 0.29) is 0 Å². The van der Waals surface area contributed by atoms with Crippen LogP contribution < -0.4 is 0 Å². The molecule has 0 saturated carbocycles. The maximum atomic E-state index is 5.08. The minimum absolute atomic E-state index is 1.00. The Balaban J connectivity index is 1.26. The van der Waals surface area contributed by atoms with Crippen LogP contribution in [0.4, 0.5) is 0 Å². The maximum absolute atomic E-state index is 5.08. The molecule has 218 valence electrons. The zero-order chi connectivity index (χ0) is 30.9. The lowest BCUT2D eigenvalue weighted by Crippen LogP contribution is -1.94. The minimum atomic E-state index is 1.00. The molecule has 10 aromatic rings. The topological polar surface area (TPSA) is 17.3 Å². The predicted molar refractivity (Wildman–Crippen MR) is 199 cm³/mol. The first kappa shape index (κ1) is 26.0. The van der Waals surface area contributed by atoms with Gasteiger partial charge in [-0.15, -0.1) is 0 Å². The molecular formula is C45H28N2. The second kappa shape index (κ2) is 10.1. The van der Waals surface area contributed by atoms with E-state index >= 15 is 0 Å². The number of rotatable bonds is 3. The van der Waals surface area contributed by atoms with Crippen LogP contribution in [0.2, 0.25) is 0 Å². The molecule has 2 heterocycles. The Morgan fingerprint density at radius 2 is 0.809 bits per heavy atom. The van der Waals surface area contributed by atoms with Crippen LogP contribution in [0.1, 0.15) is 0 Å². The fraction of sp³-hybridized carbons (Fsp3) is 0. The van der Waals surface area contributed by atoms with Gasteiger partial charge in [-0.2, -0.15) is 0 Å². The monoisotopic (exact) mass is 596 g/mol. The maximum Gasteiger partial charge on any atom is 0.146 e. The Kier molecular flexibility index (Phi) is 5.61. The number of nitrogens with zero attached hydrogens (tertiary/aromatic N) is 2. The van der Waals surface area contributed by atoms with Crippen molar-refractivity contribution in [3.8, 4) is 33.4 Å². The van der Waals surface area contributed by atoms with E-state index in [1.165, 1.54) is 71.2 Å². The summed E-state index contributed by atoms with van der Waals surface area (Å²) in [6, 6.07) is 61.5. The van der Waals surface area contributed by atoms with Crippen molar-refractivity contribution in [3.05, 3.63) is 170 Å². The first-order valence-corrected chi connectivity index (χ1v) is 16.1. The van der Waals surface area contributed by atoms with Crippen LogP contribution in [-0.2, 0) is 0 Å². The van der Waals surface area contributed by atoms with Crippen LogP contribution in [0.15, 0.2) is 170 Å². The smallest absolute Gasteiger partial charge is 0.146 e. The molecule has 0 unspecified atom stereocenters. The summed E-state index contributed by atoms with van der Waals surface area (Å²) in [4.78, 5) is 5.08. The Morgan fingerprint density at radius 3 is 1.49 bits per heavy atom. The highest BCUT2D eigenvalue weighted by atomic mass is 15.0. The summed E-state index contributed by atoms with van der Waals surface area (Å²) < 4.78 is 2.33. The van der Waals surface area contributed by atoms with Gasteiger partial charge in [-0.3, -0.25) is 4.40 Å². The molecule has 0 aliphatic rings. The summed E-state index contributed by atoms with van der Waals surface area (Å²) in [7, 11) is 0. The van der Waals surface area contributed by atoms with E-state index in [1.54, 1.807) is 0 Å². The van der Waals surface area contributed by atoms with Crippen LogP contribution in [0.5, 0.6) is 0 Å². The highest BCUT2D eigenvalue weighted by Gasteiger charge is 2.19. The molecule has 0 radical (unpaired) electrons. The molecule has 0 saturated heterocycles. The normalized spacial score (nSPS) is 11.8. The number of hydrogen-bond acceptors (Lipinski definition) is 1. The van der Waals surface area contributed by atoms with Gasteiger partial charge in [-0.05, 0) is 84.6 Å². The highest BCUT2D eigenvalue weighted by molar-refractivity contribution is 6.22. The van der Waals surface area contributed by atoms with Crippen LogP contribution >= 0.6 is 0 Å². The molecule has 2 aromatic heterocycles. The molecule has 0 aliphatic heterocycles. The van der Waals surface area contributed by atoms with Crippen molar-refractivity contribution in [1.29, 1.82) is 0 Å². The molecular weight excluding hydrogens is 569 g/mol. The van der Waals surface area contributed by atoms with Gasteiger partial charge >= 0.3 is 0 Å². The Morgan fingerprint density at radius 1 is 0.319 bits per heavy atom. The van der Waals surface area contributed by atoms with Crippen molar-refractivity contribution < 1.29 is 0 Å². The number of benzene rings is 8. The lowest BCUT2D eigenvalue weighted by Gasteiger charge is -2.18. The Hall–Kier alpha value is -6.25. The standard InChI is InChI=1S/C45H28N2/c1-2-12-29(13-3-1)30-22-24-31(25-23-30)43-34-15-5-7-17-36(34)44(37-18-8-6-16-35(37)43)32-26-27-41-39(28-32)33-14-4-9-19-38(33)45-46-40-20-10-11-21-42(40)47(41)45/h1-28H. The summed E-state index contributed by atoms with van der Waals surface area (Å²) in [6.07, 6.45) is 0. The molecule has 47 heavy (non-hydrogen) atoms. The Bertz CT molecular complexity index is 2770. The molecule has 2 heteroatoms. The van der Waals surface area contributed by atoms with E-state index in [9.17, 15) is 0 Å². The quantitative estimate of drug-likeness (QED) is 0.146. The lowest BCUT2D eigenvalue weighted by molar-refractivity contribution is 1.31. The van der Waals surface area contributed by atoms with Gasteiger partial charge in [0.15, 0.2) is 0 Å². The third-order valence-corrected chi connectivity index (χ3v) is 9.76. The van der Waals surface area contributed by atoms with Crippen molar-refractivity contribution in [2.75, 3.05) is 0 Å². The molecule has 0 atom stereocenters. The van der Waals surface area contributed by atoms with Gasteiger partial charge < -0.3 is 0 Å². The van der Waals surface area contributed by atoms with E-state index in [2.05, 4.69) is 174 Å². The molecule has 10 rings (SSSR count). The van der Waals surface area contributed by atoms with Gasteiger partial charge in [-0.25, -0.2) is 4.98 Å². The van der Waals surface area contributed by atoms with E-state index in [0.29, 0.717) is 0 Å². The number of imidazole rings is 1. The highest BCUT2D eigenvalue weighted by Crippen LogP contribution is 2.45. The van der Waals surface area contributed by atoms with Crippen LogP contribution in [0.25, 0.3) is 93.3 Å². The fourth-order valence-electron chi connectivity index (χ4n) is 7.68. The Labute approximate surface area is 271 Å². The van der Waals surface area contributed by atoms with Gasteiger partial charge in [0.2, 0.25) is 0 Å². The van der Waals surface area contributed by atoms with Gasteiger partial charge in [0.25, 0.3) is 0 Å². The van der Waals surface area contributed by atoms with Crippen molar-refractivity contribution in [2.45, 2.75) is 0 Å². The zero-order valence-corrected chi connectivity index (χ0v) is 25.6. The number of fused-ring (bicyclic) bond motifs is 10. The van der Waals surface area contributed by atoms with Crippen molar-refractivity contribution in [1.82, 2.24) is 9.38 Å². The van der Waals surface area contributed by atoms with Crippen LogP contribution in [-0.4, -0.2) is 9.38 Å². The van der Waals surface area contributed by atoms with Gasteiger partial charge in [0, 0.05) is 10.8 Å². The molecule has 0 spiro atoms. The minimum Gasteiger partial charge on any atom is -0.292 e. The van der Waals surface area contributed by atoms with E-state index in [4.69, 9.17) is 4.98 Å². The first-order valence-electron chi connectivity index (χ1n) is 16.1. The molecule has 2 nitrogen and oxygen atoms in total. The molecule has 0 bridgehead atoms. The average Bonchev–Trinajstić information content (AvgIpc) is 3.54. The number of aromatic nitrogens is 2. The molecule has 0 N–H and O–H groups in total. The number of hydrogen-bond donors (Lipinski definition) is 0. The third kappa shape index (κ3) is 3.89. The van der Waals surface area contributed by atoms with Gasteiger partial charge in [0.05, 0.1) is 16.6 Å². The second-order valence-corrected chi connectivity index (χ2v) is 12.3. The summed E-state index contributed by atoms with van der Waals surface area (Å²) >= 11 is 0. The van der Waals surface area contributed by atoms with Crippen LogP contribution in [0, 0.1) is 0 Å². The van der Waals surface area contributed by atoms with Crippen molar-refractivity contribution >= 4 is 59.9 Å². The summed E-state index contributed by atoms with van der Waals surface area (Å²) in [6.45, 7) is 0. The van der Waals surface area contributed by atoms with Gasteiger partial charge in [0.1, 0.15) is 5.65 Å². The third-order valence-electron chi connectivity index (χ3n) is 9.76. The molecule has 0 fully saturated rings. The number of para-hydroxylation sites is 2. The van der Waals surface area contributed by atoms with E-state index in [0.717, 1.165) is 22.1 Å². The zero-order valence-electron chi connectivity index (χ0n) is 25.6. The molecule has 0 aliphatic carbocycles. The molecule has 0 amide bonds. The summed E-state index contributed by atoms with van der Waals surface area (Å²) in [5.74, 6) is 0. The van der Waals surface area contributed by atoms with Gasteiger partial charge in [-0.1, -0.05) is 146 Å². The summed E-state index contributed by atoms with van der Waals surface area (Å²) in [5, 5.41) is 8.64. The van der Waals surface area contributed by atoms with Crippen LogP contribution in [0.3, 0.4) is 0 Å². The summed E-state index contributed by atoms with van der Waals surface area (Å²) in [5.41, 5.74) is 11.7. The largest absolute Gasteiger partial charge is 0.292 e.